The third kappa shape index (κ3) is 5.96. The zero-order valence-corrected chi connectivity index (χ0v) is 33.0. The average Bonchev–Trinajstić information content (AvgIpc) is 3.54. The highest BCUT2D eigenvalue weighted by Gasteiger charge is 2.36. The number of nitrogens with zero attached hydrogens (tertiary/aromatic N) is 2. The molecule has 0 aliphatic heterocycles. The summed E-state index contributed by atoms with van der Waals surface area (Å²) in [4.78, 5) is 10.3. The lowest BCUT2D eigenvalue weighted by atomic mass is 9.81. The first-order chi connectivity index (χ1) is 29.0. The van der Waals surface area contributed by atoms with Crippen LogP contribution in [0.4, 0.5) is 0 Å². The number of fused-ring (bicyclic) bond motifs is 6. The molecule has 1 aliphatic rings. The second-order valence-corrected chi connectivity index (χ2v) is 16.1. The molecule has 0 saturated carbocycles. The van der Waals surface area contributed by atoms with Gasteiger partial charge in [-0.2, -0.15) is 0 Å². The summed E-state index contributed by atoms with van der Waals surface area (Å²) in [6.45, 7) is 4.73. The van der Waals surface area contributed by atoms with E-state index in [-0.39, 0.29) is 5.41 Å². The molecule has 0 saturated heterocycles. The summed E-state index contributed by atoms with van der Waals surface area (Å²) in [7, 11) is 0. The van der Waals surface area contributed by atoms with Gasteiger partial charge in [0.2, 0.25) is 0 Å². The Morgan fingerprint density at radius 2 is 0.831 bits per heavy atom. The number of hydrogen-bond donors (Lipinski definition) is 0. The van der Waals surface area contributed by atoms with E-state index < -0.39 is 0 Å². The van der Waals surface area contributed by atoms with Crippen LogP contribution in [0.1, 0.15) is 25.0 Å². The molecule has 278 valence electrons. The smallest absolute Gasteiger partial charge is 0.160 e. The molecule has 0 fully saturated rings. The Hall–Kier alpha value is -7.42. The van der Waals surface area contributed by atoms with Gasteiger partial charge >= 0.3 is 0 Å². The summed E-state index contributed by atoms with van der Waals surface area (Å²) >= 11 is 0. The van der Waals surface area contributed by atoms with Crippen LogP contribution in [0, 0.1) is 0 Å². The van der Waals surface area contributed by atoms with Crippen LogP contribution in [-0.2, 0) is 5.41 Å². The maximum absolute atomic E-state index is 5.21. The Morgan fingerprint density at radius 1 is 0.322 bits per heavy atom. The zero-order chi connectivity index (χ0) is 39.5. The molecule has 0 N–H and O–H groups in total. The Labute approximate surface area is 345 Å². The largest absolute Gasteiger partial charge is 0.228 e. The molecule has 1 heterocycles. The van der Waals surface area contributed by atoms with Gasteiger partial charge in [-0.1, -0.05) is 208 Å². The lowest BCUT2D eigenvalue weighted by Gasteiger charge is -2.22. The molecule has 2 heteroatoms. The minimum atomic E-state index is -0.0788. The highest BCUT2D eigenvalue weighted by molar-refractivity contribution is 6.05. The number of hydrogen-bond acceptors (Lipinski definition) is 2. The first-order valence-corrected chi connectivity index (χ1v) is 20.4. The van der Waals surface area contributed by atoms with Crippen molar-refractivity contribution in [3.05, 3.63) is 217 Å². The van der Waals surface area contributed by atoms with Gasteiger partial charge in [-0.05, 0) is 89.3 Å². The van der Waals surface area contributed by atoms with Crippen molar-refractivity contribution in [3.63, 3.8) is 0 Å². The van der Waals surface area contributed by atoms with Crippen molar-refractivity contribution in [2.75, 3.05) is 0 Å². The second-order valence-electron chi connectivity index (χ2n) is 16.1. The molecule has 0 bridgehead atoms. The molecule has 0 unspecified atom stereocenters. The second kappa shape index (κ2) is 13.9. The fourth-order valence-corrected chi connectivity index (χ4v) is 9.22. The molecule has 0 spiro atoms. The van der Waals surface area contributed by atoms with Gasteiger partial charge in [-0.3, -0.25) is 0 Å². The number of aromatic nitrogens is 2. The highest BCUT2D eigenvalue weighted by Crippen LogP contribution is 2.52. The van der Waals surface area contributed by atoms with E-state index in [0.717, 1.165) is 33.5 Å². The minimum Gasteiger partial charge on any atom is -0.228 e. The van der Waals surface area contributed by atoms with Crippen LogP contribution in [-0.4, -0.2) is 9.97 Å². The molecule has 0 atom stereocenters. The summed E-state index contributed by atoms with van der Waals surface area (Å²) in [5, 5.41) is 4.97. The van der Waals surface area contributed by atoms with Crippen LogP contribution in [0.3, 0.4) is 0 Å². The van der Waals surface area contributed by atoms with Crippen molar-refractivity contribution < 1.29 is 0 Å². The predicted octanol–water partition coefficient (Wildman–Crippen LogP) is 15.1. The SMILES string of the molecule is CC1(C)c2cc(-c3ccc(-c4ccc(-c5cc(-c6ccc(-c7ccccc7)cc6)nc(-c6ccccc6)n5)c5ccccc45)cc3)ccc2-c2c1ccc1ccccc21. The van der Waals surface area contributed by atoms with Crippen molar-refractivity contribution in [3.8, 4) is 78.4 Å². The van der Waals surface area contributed by atoms with E-state index in [9.17, 15) is 0 Å². The summed E-state index contributed by atoms with van der Waals surface area (Å²) < 4.78 is 0. The van der Waals surface area contributed by atoms with Crippen molar-refractivity contribution in [1.29, 1.82) is 0 Å². The normalized spacial score (nSPS) is 12.7. The fraction of sp³-hybridized carbons (Fsp3) is 0.0526. The van der Waals surface area contributed by atoms with Crippen LogP contribution in [0.25, 0.3) is 100.0 Å². The quantitative estimate of drug-likeness (QED) is 0.169. The molecule has 9 aromatic carbocycles. The maximum Gasteiger partial charge on any atom is 0.160 e. The summed E-state index contributed by atoms with van der Waals surface area (Å²) in [6, 6.07) is 74.3. The van der Waals surface area contributed by atoms with Gasteiger partial charge in [0.15, 0.2) is 5.82 Å². The van der Waals surface area contributed by atoms with E-state index in [2.05, 4.69) is 196 Å². The van der Waals surface area contributed by atoms with Crippen molar-refractivity contribution >= 4 is 21.5 Å². The first-order valence-electron chi connectivity index (χ1n) is 20.4. The van der Waals surface area contributed by atoms with Gasteiger partial charge in [0.25, 0.3) is 0 Å². The van der Waals surface area contributed by atoms with Gasteiger partial charge in [-0.25, -0.2) is 9.97 Å². The van der Waals surface area contributed by atoms with Gasteiger partial charge in [0.1, 0.15) is 0 Å². The predicted molar refractivity (Wildman–Crippen MR) is 247 cm³/mol. The fourth-order valence-electron chi connectivity index (χ4n) is 9.22. The van der Waals surface area contributed by atoms with Gasteiger partial charge < -0.3 is 0 Å². The van der Waals surface area contributed by atoms with E-state index in [1.165, 1.54) is 71.8 Å². The molecule has 2 nitrogen and oxygen atoms in total. The van der Waals surface area contributed by atoms with E-state index in [1.54, 1.807) is 0 Å². The van der Waals surface area contributed by atoms with Gasteiger partial charge in [-0.15, -0.1) is 0 Å². The average molecular weight is 753 g/mol. The van der Waals surface area contributed by atoms with E-state index in [1.807, 2.05) is 24.3 Å². The topological polar surface area (TPSA) is 25.8 Å². The van der Waals surface area contributed by atoms with E-state index in [0.29, 0.717) is 5.82 Å². The van der Waals surface area contributed by atoms with Gasteiger partial charge in [0, 0.05) is 22.1 Å². The molecule has 0 radical (unpaired) electrons. The first kappa shape index (κ1) is 34.8. The Bertz CT molecular complexity index is 3200. The standard InChI is InChI=1S/C57H40N2/c1-57(2)51-34-30-40-15-9-10-18-46(40)55(51)50-31-29-44(35-52(50)57)39-21-25-41(26-22-39)45-32-33-49(48-20-12-11-19-47(45)48)54-36-53(58-56(59-54)43-16-7-4-8-17-43)42-27-23-38(24-28-42)37-13-5-3-6-14-37/h3-36H,1-2H3. The van der Waals surface area contributed by atoms with Crippen LogP contribution < -0.4 is 0 Å². The van der Waals surface area contributed by atoms with Crippen LogP contribution in [0.15, 0.2) is 206 Å². The van der Waals surface area contributed by atoms with E-state index in [4.69, 9.17) is 9.97 Å². The lowest BCUT2D eigenvalue weighted by molar-refractivity contribution is 0.661. The maximum atomic E-state index is 5.21. The number of benzene rings is 9. The number of rotatable bonds is 6. The minimum absolute atomic E-state index is 0.0788. The molecular weight excluding hydrogens is 713 g/mol. The Balaban J connectivity index is 0.961. The molecule has 1 aromatic heterocycles. The Morgan fingerprint density at radius 3 is 1.56 bits per heavy atom. The lowest BCUT2D eigenvalue weighted by Crippen LogP contribution is -2.15. The van der Waals surface area contributed by atoms with Gasteiger partial charge in [0.05, 0.1) is 11.4 Å². The zero-order valence-electron chi connectivity index (χ0n) is 33.0. The highest BCUT2D eigenvalue weighted by atomic mass is 14.9. The molecule has 59 heavy (non-hydrogen) atoms. The molecule has 10 aromatic rings. The third-order valence-corrected chi connectivity index (χ3v) is 12.3. The molecule has 0 amide bonds. The molecular formula is C57H40N2. The van der Waals surface area contributed by atoms with Crippen molar-refractivity contribution in [1.82, 2.24) is 9.97 Å². The van der Waals surface area contributed by atoms with Crippen molar-refractivity contribution in [2.45, 2.75) is 19.3 Å². The monoisotopic (exact) mass is 752 g/mol. The molecule has 11 rings (SSSR count). The van der Waals surface area contributed by atoms with Crippen LogP contribution in [0.5, 0.6) is 0 Å². The summed E-state index contributed by atoms with van der Waals surface area (Å²) in [6.07, 6.45) is 0. The summed E-state index contributed by atoms with van der Waals surface area (Å²) in [5.74, 6) is 0.709. The summed E-state index contributed by atoms with van der Waals surface area (Å²) in [5.41, 5.74) is 17.6. The Kier molecular flexibility index (Phi) is 8.20. The third-order valence-electron chi connectivity index (χ3n) is 12.3. The van der Waals surface area contributed by atoms with Crippen LogP contribution in [0.2, 0.25) is 0 Å². The van der Waals surface area contributed by atoms with E-state index >= 15 is 0 Å². The van der Waals surface area contributed by atoms with Crippen LogP contribution >= 0.6 is 0 Å². The van der Waals surface area contributed by atoms with Crippen molar-refractivity contribution in [2.24, 2.45) is 0 Å². The molecule has 1 aliphatic carbocycles.